The van der Waals surface area contributed by atoms with Crippen LogP contribution in [0, 0.1) is 0 Å². The highest BCUT2D eigenvalue weighted by atomic mass is 16.6. The van der Waals surface area contributed by atoms with E-state index >= 15 is 0 Å². The Kier molecular flexibility index (Phi) is 5.57. The summed E-state index contributed by atoms with van der Waals surface area (Å²) in [7, 11) is 0. The van der Waals surface area contributed by atoms with E-state index < -0.39 is 12.1 Å². The molecule has 6 nitrogen and oxygen atoms in total. The zero-order chi connectivity index (χ0) is 20.9. The molecule has 2 heterocycles. The van der Waals surface area contributed by atoms with Gasteiger partial charge in [-0.05, 0) is 42.8 Å². The highest BCUT2D eigenvalue weighted by Gasteiger charge is 2.29. The highest BCUT2D eigenvalue weighted by Crippen LogP contribution is 2.36. The number of Topliss-reactive ketones (excluding diaryl/α,β-unsaturated/α-hetero) is 1. The van der Waals surface area contributed by atoms with E-state index in [1.54, 1.807) is 67.9 Å². The van der Waals surface area contributed by atoms with Crippen molar-refractivity contribution in [2.75, 3.05) is 6.61 Å². The number of esters is 1. The molecule has 2 aromatic carbocycles. The molecule has 0 spiro atoms. The van der Waals surface area contributed by atoms with Crippen LogP contribution in [-0.4, -0.2) is 23.3 Å². The fraction of sp³-hybridized carbons (Fsp3) is 0.125. The van der Waals surface area contributed by atoms with Crippen LogP contribution in [-0.2, 0) is 9.53 Å². The Morgan fingerprint density at radius 3 is 2.60 bits per heavy atom. The summed E-state index contributed by atoms with van der Waals surface area (Å²) in [5.41, 5.74) is 1.92. The average molecular weight is 401 g/mol. The number of fused-ring (bicyclic) bond motifs is 1. The third kappa shape index (κ3) is 4.07. The number of ether oxygens (including phenoxy) is 3. The molecule has 0 N–H and O–H groups in total. The summed E-state index contributed by atoms with van der Waals surface area (Å²) >= 11 is 0. The van der Waals surface area contributed by atoms with E-state index in [2.05, 4.69) is 4.98 Å². The lowest BCUT2D eigenvalue weighted by atomic mass is 10.1. The molecule has 150 valence electrons. The molecule has 1 aliphatic heterocycles. The quantitative estimate of drug-likeness (QED) is 0.451. The predicted molar refractivity (Wildman–Crippen MR) is 110 cm³/mol. The van der Waals surface area contributed by atoms with Crippen molar-refractivity contribution in [2.24, 2.45) is 0 Å². The second-order valence-corrected chi connectivity index (χ2v) is 6.54. The van der Waals surface area contributed by atoms with E-state index in [4.69, 9.17) is 14.2 Å². The van der Waals surface area contributed by atoms with E-state index in [1.807, 2.05) is 18.2 Å². The first-order valence-electron chi connectivity index (χ1n) is 9.52. The highest BCUT2D eigenvalue weighted by molar-refractivity contribution is 6.14. The number of hydrogen-bond donors (Lipinski definition) is 0. The summed E-state index contributed by atoms with van der Waals surface area (Å²) in [6, 6.07) is 17.5. The van der Waals surface area contributed by atoms with E-state index in [1.165, 1.54) is 0 Å². The standard InChI is InChI=1S/C24H19NO5/c1-2-28-24(27)23(17-6-4-3-5-7-17)29-18-8-9-19-20(15-18)30-21(22(19)26)14-16-10-12-25-13-11-16/h3-15,23H,2H2,1H3. The van der Waals surface area contributed by atoms with Gasteiger partial charge in [-0.1, -0.05) is 30.3 Å². The van der Waals surface area contributed by atoms with E-state index in [9.17, 15) is 9.59 Å². The molecule has 0 saturated heterocycles. The maximum Gasteiger partial charge on any atom is 0.352 e. The van der Waals surface area contributed by atoms with Gasteiger partial charge in [-0.15, -0.1) is 0 Å². The van der Waals surface area contributed by atoms with Crippen molar-refractivity contribution in [1.29, 1.82) is 0 Å². The molecular weight excluding hydrogens is 382 g/mol. The number of hydrogen-bond acceptors (Lipinski definition) is 6. The number of aromatic nitrogens is 1. The van der Waals surface area contributed by atoms with Crippen molar-refractivity contribution in [3.8, 4) is 11.5 Å². The lowest BCUT2D eigenvalue weighted by Gasteiger charge is -2.18. The molecule has 30 heavy (non-hydrogen) atoms. The minimum absolute atomic E-state index is 0.210. The summed E-state index contributed by atoms with van der Waals surface area (Å²) in [6.07, 6.45) is 4.03. The maximum absolute atomic E-state index is 12.6. The van der Waals surface area contributed by atoms with E-state index in [0.717, 1.165) is 5.56 Å². The molecule has 6 heteroatoms. The Bertz CT molecular complexity index is 1090. The van der Waals surface area contributed by atoms with Gasteiger partial charge in [-0.2, -0.15) is 0 Å². The van der Waals surface area contributed by atoms with E-state index in [0.29, 0.717) is 22.6 Å². The summed E-state index contributed by atoms with van der Waals surface area (Å²) in [5, 5.41) is 0. The number of pyridine rings is 1. The Morgan fingerprint density at radius 2 is 1.87 bits per heavy atom. The topological polar surface area (TPSA) is 74.7 Å². The van der Waals surface area contributed by atoms with Gasteiger partial charge in [0.25, 0.3) is 0 Å². The zero-order valence-electron chi connectivity index (χ0n) is 16.3. The van der Waals surface area contributed by atoms with Gasteiger partial charge in [0.2, 0.25) is 11.9 Å². The van der Waals surface area contributed by atoms with Crippen LogP contribution < -0.4 is 9.47 Å². The Morgan fingerprint density at radius 1 is 1.10 bits per heavy atom. The number of ketones is 1. The summed E-state index contributed by atoms with van der Waals surface area (Å²) < 4.78 is 16.8. The van der Waals surface area contributed by atoms with Gasteiger partial charge in [-0.3, -0.25) is 9.78 Å². The van der Waals surface area contributed by atoms with Crippen molar-refractivity contribution in [1.82, 2.24) is 4.98 Å². The first kappa shape index (κ1) is 19.4. The smallest absolute Gasteiger partial charge is 0.352 e. The maximum atomic E-state index is 12.6. The predicted octanol–water partition coefficient (Wildman–Crippen LogP) is 4.38. The number of benzene rings is 2. The van der Waals surface area contributed by atoms with Crippen molar-refractivity contribution < 1.29 is 23.8 Å². The second kappa shape index (κ2) is 8.61. The van der Waals surface area contributed by atoms with Crippen LogP contribution >= 0.6 is 0 Å². The zero-order valence-corrected chi connectivity index (χ0v) is 16.3. The molecule has 0 saturated carbocycles. The summed E-state index contributed by atoms with van der Waals surface area (Å²) in [5.74, 6) is 0.304. The van der Waals surface area contributed by atoms with Crippen LogP contribution in [0.1, 0.15) is 34.5 Å². The molecule has 4 rings (SSSR count). The van der Waals surface area contributed by atoms with Crippen LogP contribution in [0.3, 0.4) is 0 Å². The van der Waals surface area contributed by atoms with Gasteiger partial charge >= 0.3 is 5.97 Å². The molecule has 0 amide bonds. The summed E-state index contributed by atoms with van der Waals surface area (Å²) in [6.45, 7) is 1.99. The van der Waals surface area contributed by atoms with Crippen molar-refractivity contribution in [3.05, 3.63) is 95.5 Å². The normalized spacial score (nSPS) is 14.7. The molecule has 0 radical (unpaired) electrons. The fourth-order valence-electron chi connectivity index (χ4n) is 3.09. The number of allylic oxidation sites excluding steroid dienone is 1. The van der Waals surface area contributed by atoms with Gasteiger partial charge in [0, 0.05) is 24.0 Å². The monoisotopic (exact) mass is 401 g/mol. The average Bonchev–Trinajstić information content (AvgIpc) is 3.08. The molecule has 0 bridgehead atoms. The second-order valence-electron chi connectivity index (χ2n) is 6.54. The van der Waals surface area contributed by atoms with Crippen LogP contribution in [0.4, 0.5) is 0 Å². The minimum Gasteiger partial charge on any atom is -0.474 e. The largest absolute Gasteiger partial charge is 0.474 e. The molecule has 1 atom stereocenters. The third-order valence-electron chi connectivity index (χ3n) is 4.50. The molecule has 0 fully saturated rings. The molecule has 1 aliphatic rings. The van der Waals surface area contributed by atoms with Crippen molar-refractivity contribution in [3.63, 3.8) is 0 Å². The fourth-order valence-corrected chi connectivity index (χ4v) is 3.09. The molecule has 3 aromatic rings. The van der Waals surface area contributed by atoms with Crippen molar-refractivity contribution >= 4 is 17.8 Å². The Labute approximate surface area is 173 Å². The Hall–Kier alpha value is -3.93. The Balaban J connectivity index is 1.59. The van der Waals surface area contributed by atoms with Crippen LogP contribution in [0.15, 0.2) is 78.8 Å². The first-order chi connectivity index (χ1) is 14.7. The van der Waals surface area contributed by atoms with E-state index in [-0.39, 0.29) is 18.1 Å². The lowest BCUT2D eigenvalue weighted by Crippen LogP contribution is -2.21. The lowest BCUT2D eigenvalue weighted by molar-refractivity contribution is -0.151. The molecule has 1 unspecified atom stereocenters. The number of carbonyl (C=O) groups excluding carboxylic acids is 2. The van der Waals surface area contributed by atoms with Crippen LogP contribution in [0.2, 0.25) is 0 Å². The van der Waals surface area contributed by atoms with Gasteiger partial charge in [0.05, 0.1) is 12.2 Å². The van der Waals surface area contributed by atoms with Crippen LogP contribution in [0.25, 0.3) is 6.08 Å². The molecule has 1 aromatic heterocycles. The molecule has 0 aliphatic carbocycles. The van der Waals surface area contributed by atoms with Gasteiger partial charge in [0.1, 0.15) is 11.5 Å². The summed E-state index contributed by atoms with van der Waals surface area (Å²) in [4.78, 5) is 29.0. The first-order valence-corrected chi connectivity index (χ1v) is 9.52. The third-order valence-corrected chi connectivity index (χ3v) is 4.50. The van der Waals surface area contributed by atoms with Gasteiger partial charge < -0.3 is 14.2 Å². The van der Waals surface area contributed by atoms with Crippen molar-refractivity contribution in [2.45, 2.75) is 13.0 Å². The number of nitrogens with zero attached hydrogens (tertiary/aromatic N) is 1. The van der Waals surface area contributed by atoms with Crippen LogP contribution in [0.5, 0.6) is 11.5 Å². The van der Waals surface area contributed by atoms with Gasteiger partial charge in [0.15, 0.2) is 5.76 Å². The molecular formula is C24H19NO5. The van der Waals surface area contributed by atoms with Gasteiger partial charge in [-0.25, -0.2) is 4.79 Å². The minimum atomic E-state index is -0.923. The number of carbonyl (C=O) groups is 2. The SMILES string of the molecule is CCOC(=O)C(Oc1ccc2c(c1)OC(=Cc1ccncc1)C2=O)c1ccccc1. The number of rotatable bonds is 6.